The Balaban J connectivity index is 1.61. The summed E-state index contributed by atoms with van der Waals surface area (Å²) in [6, 6.07) is 13.3. The molecule has 3 rings (SSSR count). The number of aryl methyl sites for hydroxylation is 1. The van der Waals surface area contributed by atoms with E-state index in [1.807, 2.05) is 49.4 Å². The second-order valence-electron chi connectivity index (χ2n) is 5.40. The van der Waals surface area contributed by atoms with Gasteiger partial charge in [-0.05, 0) is 48.5 Å². The molecular weight excluding hydrogens is 377 g/mol. The lowest BCUT2D eigenvalue weighted by molar-refractivity contribution is 0.687. The topological polar surface area (TPSA) is 54.8 Å². The molecule has 0 bridgehead atoms. The molecule has 25 heavy (non-hydrogen) atoms. The zero-order chi connectivity index (χ0) is 17.8. The summed E-state index contributed by atoms with van der Waals surface area (Å²) in [7, 11) is 0. The van der Waals surface area contributed by atoms with Crippen molar-refractivity contribution in [2.24, 2.45) is 0 Å². The molecule has 0 saturated carbocycles. The van der Waals surface area contributed by atoms with Crippen LogP contribution in [0.1, 0.15) is 11.1 Å². The van der Waals surface area contributed by atoms with Crippen molar-refractivity contribution in [2.75, 3.05) is 10.6 Å². The largest absolute Gasteiger partial charge is 0.332 e. The molecule has 0 aliphatic carbocycles. The maximum atomic E-state index is 6.16. The Morgan fingerprint density at radius 2 is 1.92 bits per heavy atom. The highest BCUT2D eigenvalue weighted by molar-refractivity contribution is 7.80. The number of nitrogens with one attached hydrogen (secondary N) is 2. The van der Waals surface area contributed by atoms with Crippen LogP contribution in [0.4, 0.5) is 11.6 Å². The normalized spacial score (nSPS) is 10.5. The third-order valence-corrected chi connectivity index (χ3v) is 4.46. The van der Waals surface area contributed by atoms with Crippen LogP contribution in [0.25, 0.3) is 0 Å². The minimum atomic E-state index is 0.385. The fourth-order valence-electron chi connectivity index (χ4n) is 2.16. The Bertz CT molecular complexity index is 910. The summed E-state index contributed by atoms with van der Waals surface area (Å²) < 4.78 is 1.69. The van der Waals surface area contributed by atoms with Crippen LogP contribution in [0.5, 0.6) is 0 Å². The highest BCUT2D eigenvalue weighted by atomic mass is 35.5. The molecule has 0 amide bonds. The van der Waals surface area contributed by atoms with E-state index in [-0.39, 0.29) is 0 Å². The molecular formula is C17H15Cl2N5S. The van der Waals surface area contributed by atoms with Gasteiger partial charge in [-0.1, -0.05) is 47.5 Å². The molecule has 0 atom stereocenters. The van der Waals surface area contributed by atoms with Gasteiger partial charge in [0.15, 0.2) is 5.11 Å². The average Bonchev–Trinajstić information content (AvgIpc) is 3.00. The van der Waals surface area contributed by atoms with Gasteiger partial charge in [-0.3, -0.25) is 5.32 Å². The van der Waals surface area contributed by atoms with Gasteiger partial charge in [0.1, 0.15) is 6.33 Å². The summed E-state index contributed by atoms with van der Waals surface area (Å²) in [6.45, 7) is 2.47. The smallest absolute Gasteiger partial charge is 0.248 e. The van der Waals surface area contributed by atoms with E-state index in [4.69, 9.17) is 35.4 Å². The predicted molar refractivity (Wildman–Crippen MR) is 107 cm³/mol. The number of halogens is 2. The Morgan fingerprint density at radius 1 is 1.12 bits per heavy atom. The van der Waals surface area contributed by atoms with Gasteiger partial charge >= 0.3 is 0 Å². The number of nitrogens with zero attached hydrogens (tertiary/aromatic N) is 3. The number of thiocarbonyl (C=S) groups is 1. The molecule has 0 aliphatic heterocycles. The van der Waals surface area contributed by atoms with E-state index in [1.165, 1.54) is 0 Å². The highest BCUT2D eigenvalue weighted by Crippen LogP contribution is 2.20. The van der Waals surface area contributed by atoms with Gasteiger partial charge in [0.25, 0.3) is 0 Å². The third-order valence-electron chi connectivity index (χ3n) is 3.48. The number of hydrogen-bond acceptors (Lipinski definition) is 3. The fraction of sp³-hybridized carbons (Fsp3) is 0.118. The molecule has 0 aliphatic rings. The quantitative estimate of drug-likeness (QED) is 0.628. The molecule has 5 nitrogen and oxygen atoms in total. The van der Waals surface area contributed by atoms with Crippen LogP contribution < -0.4 is 10.6 Å². The molecule has 1 heterocycles. The fourth-order valence-corrected chi connectivity index (χ4v) is 2.75. The maximum Gasteiger partial charge on any atom is 0.248 e. The summed E-state index contributed by atoms with van der Waals surface area (Å²) >= 11 is 17.5. The number of anilines is 2. The first-order chi connectivity index (χ1) is 12.0. The molecule has 1 aromatic heterocycles. The van der Waals surface area contributed by atoms with Crippen molar-refractivity contribution in [1.29, 1.82) is 0 Å². The van der Waals surface area contributed by atoms with E-state index >= 15 is 0 Å². The number of aromatic nitrogens is 3. The number of rotatable bonds is 4. The molecule has 0 radical (unpaired) electrons. The van der Waals surface area contributed by atoms with Crippen LogP contribution in [-0.4, -0.2) is 19.9 Å². The van der Waals surface area contributed by atoms with Crippen LogP contribution in [0.2, 0.25) is 10.0 Å². The second kappa shape index (κ2) is 7.82. The van der Waals surface area contributed by atoms with Crippen LogP contribution in [0.15, 0.2) is 48.8 Å². The highest BCUT2D eigenvalue weighted by Gasteiger charge is 2.06. The summed E-state index contributed by atoms with van der Waals surface area (Å²) in [5, 5.41) is 12.1. The molecule has 0 unspecified atom stereocenters. The van der Waals surface area contributed by atoms with E-state index in [1.54, 1.807) is 11.0 Å². The van der Waals surface area contributed by atoms with E-state index < -0.39 is 0 Å². The van der Waals surface area contributed by atoms with Crippen molar-refractivity contribution >= 4 is 52.2 Å². The summed E-state index contributed by atoms with van der Waals surface area (Å²) in [4.78, 5) is 4.20. The molecule has 0 spiro atoms. The lowest BCUT2D eigenvalue weighted by Gasteiger charge is -2.09. The van der Waals surface area contributed by atoms with Crippen LogP contribution >= 0.6 is 35.4 Å². The average molecular weight is 392 g/mol. The predicted octanol–water partition coefficient (Wildman–Crippen LogP) is 4.75. The van der Waals surface area contributed by atoms with Crippen molar-refractivity contribution in [3.05, 3.63) is 70.0 Å². The van der Waals surface area contributed by atoms with Gasteiger partial charge in [0.05, 0.1) is 6.54 Å². The molecule has 0 fully saturated rings. The molecule has 2 N–H and O–H groups in total. The van der Waals surface area contributed by atoms with Gasteiger partial charge in [0.2, 0.25) is 5.95 Å². The summed E-state index contributed by atoms with van der Waals surface area (Å²) in [5.74, 6) is 0.405. The molecule has 2 aromatic carbocycles. The van der Waals surface area contributed by atoms with Crippen LogP contribution in [0.3, 0.4) is 0 Å². The SMILES string of the molecule is Cc1ccc(NC(=S)Nc2ncn(Cc3ccccc3Cl)n2)cc1Cl. The van der Waals surface area contributed by atoms with Crippen molar-refractivity contribution < 1.29 is 0 Å². The zero-order valence-electron chi connectivity index (χ0n) is 13.3. The Kier molecular flexibility index (Phi) is 5.53. The minimum absolute atomic E-state index is 0.385. The summed E-state index contributed by atoms with van der Waals surface area (Å²) in [6.07, 6.45) is 1.62. The Morgan fingerprint density at radius 3 is 2.68 bits per heavy atom. The van der Waals surface area contributed by atoms with Crippen molar-refractivity contribution in [3.8, 4) is 0 Å². The molecule has 0 saturated heterocycles. The minimum Gasteiger partial charge on any atom is -0.332 e. The molecule has 8 heteroatoms. The lowest BCUT2D eigenvalue weighted by atomic mass is 10.2. The molecule has 128 valence electrons. The lowest BCUT2D eigenvalue weighted by Crippen LogP contribution is -2.20. The van der Waals surface area contributed by atoms with Crippen molar-refractivity contribution in [1.82, 2.24) is 14.8 Å². The third kappa shape index (κ3) is 4.69. The van der Waals surface area contributed by atoms with Gasteiger partial charge in [-0.15, -0.1) is 5.10 Å². The van der Waals surface area contributed by atoms with Crippen molar-refractivity contribution in [2.45, 2.75) is 13.5 Å². The van der Waals surface area contributed by atoms with E-state index in [9.17, 15) is 0 Å². The van der Waals surface area contributed by atoms with Gasteiger partial charge < -0.3 is 5.32 Å². The first kappa shape index (κ1) is 17.7. The first-order valence-corrected chi connectivity index (χ1v) is 8.65. The second-order valence-corrected chi connectivity index (χ2v) is 6.62. The van der Waals surface area contributed by atoms with Gasteiger partial charge in [-0.25, -0.2) is 9.67 Å². The van der Waals surface area contributed by atoms with E-state index in [0.717, 1.165) is 16.8 Å². The number of hydrogen-bond donors (Lipinski definition) is 2. The van der Waals surface area contributed by atoms with Crippen molar-refractivity contribution in [3.63, 3.8) is 0 Å². The Labute approximate surface area is 161 Å². The van der Waals surface area contributed by atoms with Crippen LogP contribution in [-0.2, 0) is 6.54 Å². The monoisotopic (exact) mass is 391 g/mol. The van der Waals surface area contributed by atoms with Gasteiger partial charge in [-0.2, -0.15) is 0 Å². The molecule has 3 aromatic rings. The standard InChI is InChI=1S/C17H15Cl2N5S/c1-11-6-7-13(8-15(11)19)21-17(25)22-16-20-10-24(23-16)9-12-4-2-3-5-14(12)18/h2-8,10H,9H2,1H3,(H2,21,22,23,25). The summed E-state index contributed by atoms with van der Waals surface area (Å²) in [5.41, 5.74) is 2.77. The van der Waals surface area contributed by atoms with E-state index in [0.29, 0.717) is 27.7 Å². The number of benzene rings is 2. The van der Waals surface area contributed by atoms with Crippen LogP contribution in [0, 0.1) is 6.92 Å². The Hall–Kier alpha value is -2.15. The van der Waals surface area contributed by atoms with Gasteiger partial charge in [0, 0.05) is 15.7 Å². The maximum absolute atomic E-state index is 6.16. The zero-order valence-corrected chi connectivity index (χ0v) is 15.7. The van der Waals surface area contributed by atoms with E-state index in [2.05, 4.69) is 20.7 Å². The first-order valence-electron chi connectivity index (χ1n) is 7.48.